The molecule has 2 spiro atoms. The van der Waals surface area contributed by atoms with E-state index in [0.29, 0.717) is 16.4 Å². The summed E-state index contributed by atoms with van der Waals surface area (Å²) in [6.45, 7) is 11.4. The van der Waals surface area contributed by atoms with Gasteiger partial charge in [-0.1, -0.05) is 12.1 Å². The number of thiazole rings is 1. The highest BCUT2D eigenvalue weighted by atomic mass is 32.1. The van der Waals surface area contributed by atoms with Crippen molar-refractivity contribution in [2.45, 2.75) is 76.0 Å². The number of carboxylic acid groups (broad SMARTS) is 1. The molecule has 3 aromatic heterocycles. The molecule has 4 aliphatic rings. The number of likely N-dealkylation sites (N-methyl/N-ethyl adjacent to an activating group) is 2. The van der Waals surface area contributed by atoms with E-state index in [1.807, 2.05) is 49.9 Å². The van der Waals surface area contributed by atoms with Crippen LogP contribution in [0.2, 0.25) is 0 Å². The maximum atomic E-state index is 13.1. The number of benzene rings is 1. The van der Waals surface area contributed by atoms with E-state index in [9.17, 15) is 19.5 Å². The first-order chi connectivity index (χ1) is 22.8. The number of hydrogen-bond acceptors (Lipinski definition) is 10. The zero-order chi connectivity index (χ0) is 34.0. The molecule has 4 fully saturated rings. The molecule has 12 nitrogen and oxygen atoms in total. The van der Waals surface area contributed by atoms with Gasteiger partial charge in [-0.3, -0.25) is 19.0 Å². The summed E-state index contributed by atoms with van der Waals surface area (Å²) in [6.07, 6.45) is 8.33. The predicted molar refractivity (Wildman–Crippen MR) is 188 cm³/mol. The lowest BCUT2D eigenvalue weighted by atomic mass is 9.96. The second-order valence-corrected chi connectivity index (χ2v) is 16.0. The SMILES string of the molecule is CN1CCCC12CCN(C(=O)OC(C)(C)C)C2.CN1CCCC12CCN(c1ncc3c(=O)c(C(=O)O)c4sc5ccccc5n4c3n1)C2. The number of anilines is 1. The Balaban J connectivity index is 0.000000182. The molecule has 2 atom stereocenters. The molecule has 0 saturated carbocycles. The number of pyridine rings is 1. The van der Waals surface area contributed by atoms with Crippen molar-refractivity contribution >= 4 is 55.4 Å². The van der Waals surface area contributed by atoms with Crippen molar-refractivity contribution < 1.29 is 19.4 Å². The van der Waals surface area contributed by atoms with Crippen LogP contribution < -0.4 is 10.3 Å². The van der Waals surface area contributed by atoms with E-state index in [1.54, 1.807) is 4.40 Å². The van der Waals surface area contributed by atoms with Gasteiger partial charge in [-0.15, -0.1) is 11.3 Å². The van der Waals surface area contributed by atoms with Gasteiger partial charge < -0.3 is 19.6 Å². The number of fused-ring (bicyclic) bond motifs is 5. The summed E-state index contributed by atoms with van der Waals surface area (Å²) in [5, 5.41) is 9.99. The maximum absolute atomic E-state index is 13.1. The van der Waals surface area contributed by atoms with E-state index in [4.69, 9.17) is 9.72 Å². The molecule has 48 heavy (non-hydrogen) atoms. The highest BCUT2D eigenvalue weighted by Gasteiger charge is 2.47. The van der Waals surface area contributed by atoms with E-state index < -0.39 is 17.0 Å². The maximum Gasteiger partial charge on any atom is 0.410 e. The van der Waals surface area contributed by atoms with Gasteiger partial charge in [-0.05, 0) is 98.6 Å². The molecule has 4 aliphatic heterocycles. The molecule has 1 aromatic carbocycles. The van der Waals surface area contributed by atoms with Crippen molar-refractivity contribution in [1.29, 1.82) is 0 Å². The Labute approximate surface area is 283 Å². The topological polar surface area (TPSA) is 124 Å². The normalized spacial score (nSPS) is 24.9. The van der Waals surface area contributed by atoms with Crippen molar-refractivity contribution in [2.24, 2.45) is 0 Å². The molecule has 4 aromatic rings. The fourth-order valence-electron chi connectivity index (χ4n) is 8.17. The Kier molecular flexibility index (Phi) is 8.15. The molecule has 256 valence electrons. The third-order valence-electron chi connectivity index (χ3n) is 10.9. The Morgan fingerprint density at radius 1 is 0.938 bits per heavy atom. The van der Waals surface area contributed by atoms with Crippen LogP contribution in [-0.4, -0.2) is 116 Å². The molecule has 7 heterocycles. The zero-order valence-electron chi connectivity index (χ0n) is 28.5. The van der Waals surface area contributed by atoms with Gasteiger partial charge in [0, 0.05) is 43.5 Å². The summed E-state index contributed by atoms with van der Waals surface area (Å²) in [7, 11) is 4.36. The molecule has 2 unspecified atom stereocenters. The van der Waals surface area contributed by atoms with Crippen molar-refractivity contribution in [1.82, 2.24) is 29.1 Å². The highest BCUT2D eigenvalue weighted by molar-refractivity contribution is 7.24. The number of carbonyl (C=O) groups is 2. The fourth-order valence-corrected chi connectivity index (χ4v) is 9.35. The Morgan fingerprint density at radius 3 is 2.25 bits per heavy atom. The third kappa shape index (κ3) is 5.59. The van der Waals surface area contributed by atoms with Gasteiger partial charge in [0.2, 0.25) is 11.4 Å². The number of rotatable bonds is 2. The van der Waals surface area contributed by atoms with E-state index in [-0.39, 0.29) is 28.1 Å². The van der Waals surface area contributed by atoms with Crippen LogP contribution in [0.5, 0.6) is 0 Å². The molecule has 8 rings (SSSR count). The largest absolute Gasteiger partial charge is 0.477 e. The number of hydrogen-bond donors (Lipinski definition) is 1. The number of amides is 1. The van der Waals surface area contributed by atoms with Crippen LogP contribution in [0, 0.1) is 0 Å². The first-order valence-corrected chi connectivity index (χ1v) is 17.7. The monoisotopic (exact) mass is 675 g/mol. The number of likely N-dealkylation sites (tertiary alicyclic amines) is 3. The number of carboxylic acids is 1. The number of nitrogens with zero attached hydrogens (tertiary/aromatic N) is 7. The summed E-state index contributed by atoms with van der Waals surface area (Å²) in [5.74, 6) is -0.637. The van der Waals surface area contributed by atoms with E-state index in [0.717, 1.165) is 62.3 Å². The van der Waals surface area contributed by atoms with Gasteiger partial charge in [0.1, 0.15) is 16.0 Å². The lowest BCUT2D eigenvalue weighted by Crippen LogP contribution is -2.45. The summed E-state index contributed by atoms with van der Waals surface area (Å²) in [6, 6.07) is 7.66. The third-order valence-corrected chi connectivity index (χ3v) is 12.0. The van der Waals surface area contributed by atoms with Gasteiger partial charge in [-0.2, -0.15) is 4.98 Å². The van der Waals surface area contributed by atoms with Crippen molar-refractivity contribution in [3.05, 3.63) is 46.2 Å². The number of para-hydroxylation sites is 1. The van der Waals surface area contributed by atoms with Crippen LogP contribution in [0.4, 0.5) is 10.7 Å². The number of aromatic carboxylic acids is 1. The highest BCUT2D eigenvalue weighted by Crippen LogP contribution is 2.39. The Bertz CT molecular complexity index is 1970. The van der Waals surface area contributed by atoms with Crippen LogP contribution in [0.15, 0.2) is 35.3 Å². The first-order valence-electron chi connectivity index (χ1n) is 16.9. The standard InChI is InChI=1S/C22H21N5O3S.C13H24N2O2/c1-25-9-4-7-22(25)8-10-26(12-22)21-23-11-13-17(28)16(20(29)30)19-27(18(13)24-21)14-5-2-3-6-15(14)31-19;1-12(2,3)17-11(16)15-9-7-13(10-15)6-5-8-14(13)4/h2-3,5-6,11H,4,7-10,12H2,1H3,(H,29,30);5-10H2,1-4H3. The molecule has 1 amide bonds. The van der Waals surface area contributed by atoms with Crippen LogP contribution in [0.1, 0.15) is 69.7 Å². The Morgan fingerprint density at radius 2 is 1.60 bits per heavy atom. The average Bonchev–Trinajstić information content (AvgIpc) is 3.86. The lowest BCUT2D eigenvalue weighted by molar-refractivity contribution is 0.0265. The predicted octanol–water partition coefficient (Wildman–Crippen LogP) is 4.92. The van der Waals surface area contributed by atoms with Gasteiger partial charge in [0.25, 0.3) is 0 Å². The van der Waals surface area contributed by atoms with E-state index >= 15 is 0 Å². The lowest BCUT2D eigenvalue weighted by Gasteiger charge is -2.32. The van der Waals surface area contributed by atoms with Gasteiger partial charge >= 0.3 is 12.1 Å². The average molecular weight is 676 g/mol. The van der Waals surface area contributed by atoms with Crippen LogP contribution in [0.3, 0.4) is 0 Å². The van der Waals surface area contributed by atoms with E-state index in [2.05, 4.69) is 33.8 Å². The fraction of sp³-hybridized carbons (Fsp3) is 0.571. The van der Waals surface area contributed by atoms with Crippen LogP contribution in [0.25, 0.3) is 26.1 Å². The second kappa shape index (κ2) is 12.0. The number of carbonyl (C=O) groups excluding carboxylic acids is 1. The Hall–Kier alpha value is -3.81. The minimum Gasteiger partial charge on any atom is -0.477 e. The van der Waals surface area contributed by atoms with Crippen molar-refractivity contribution in [2.75, 3.05) is 58.3 Å². The summed E-state index contributed by atoms with van der Waals surface area (Å²) < 4.78 is 8.14. The second-order valence-electron chi connectivity index (χ2n) is 14.9. The van der Waals surface area contributed by atoms with E-state index in [1.165, 1.54) is 43.2 Å². The van der Waals surface area contributed by atoms with Gasteiger partial charge in [0.15, 0.2) is 5.65 Å². The van der Waals surface area contributed by atoms with Gasteiger partial charge in [0.05, 0.1) is 15.6 Å². The number of ether oxygens (including phenoxy) is 1. The zero-order valence-corrected chi connectivity index (χ0v) is 29.3. The van der Waals surface area contributed by atoms with Crippen LogP contribution in [-0.2, 0) is 4.74 Å². The summed E-state index contributed by atoms with van der Waals surface area (Å²) in [4.78, 5) is 55.6. The number of aromatic nitrogens is 3. The van der Waals surface area contributed by atoms with Gasteiger partial charge in [-0.25, -0.2) is 14.6 Å². The van der Waals surface area contributed by atoms with Crippen LogP contribution >= 0.6 is 11.3 Å². The molecule has 0 aliphatic carbocycles. The van der Waals surface area contributed by atoms with Crippen molar-refractivity contribution in [3.8, 4) is 0 Å². The van der Waals surface area contributed by atoms with Crippen molar-refractivity contribution in [3.63, 3.8) is 0 Å². The molecule has 13 heteroatoms. The minimum atomic E-state index is -1.23. The molecular formula is C35H45N7O5S. The quantitative estimate of drug-likeness (QED) is 0.313. The first kappa shape index (κ1) is 32.7. The smallest absolute Gasteiger partial charge is 0.410 e. The molecule has 4 saturated heterocycles. The molecule has 0 radical (unpaired) electrons. The summed E-state index contributed by atoms with van der Waals surface area (Å²) >= 11 is 1.30. The molecular weight excluding hydrogens is 630 g/mol. The minimum absolute atomic E-state index is 0.158. The molecule has 1 N–H and O–H groups in total. The summed E-state index contributed by atoms with van der Waals surface area (Å²) in [5.41, 5.74) is 0.561. The molecule has 0 bridgehead atoms.